The van der Waals surface area contributed by atoms with Crippen LogP contribution in [-0.4, -0.2) is 20.9 Å². The first-order valence-corrected chi connectivity index (χ1v) is 21.7. The fraction of sp³-hybridized carbons (Fsp3) is 0.0182. The number of rotatable bonds is 3. The van der Waals surface area contributed by atoms with E-state index in [-0.39, 0.29) is 0 Å². The molecule has 1 N–H and O–H groups in total. The van der Waals surface area contributed by atoms with Gasteiger partial charge in [0.15, 0.2) is 0 Å². The van der Waals surface area contributed by atoms with Crippen LogP contribution >= 0.6 is 11.3 Å². The van der Waals surface area contributed by atoms with Crippen molar-refractivity contribution in [3.05, 3.63) is 199 Å². The molecule has 0 aliphatic carbocycles. The Kier molecular flexibility index (Phi) is 6.95. The van der Waals surface area contributed by atoms with E-state index in [9.17, 15) is 0 Å². The van der Waals surface area contributed by atoms with Gasteiger partial charge in [-0.05, 0) is 70.9 Å². The molecular weight excluding hydrogens is 779 g/mol. The second-order valence-electron chi connectivity index (χ2n) is 16.2. The summed E-state index contributed by atoms with van der Waals surface area (Å²) in [5.74, 6) is 1.34. The highest BCUT2D eigenvalue weighted by Crippen LogP contribution is 2.41. The summed E-state index contributed by atoms with van der Waals surface area (Å²) in [7, 11) is 0. The van der Waals surface area contributed by atoms with Crippen LogP contribution in [0.4, 0.5) is 0 Å². The van der Waals surface area contributed by atoms with Crippen LogP contribution in [0.5, 0.6) is 0 Å². The van der Waals surface area contributed by atoms with Gasteiger partial charge in [-0.2, -0.15) is 4.99 Å². The van der Waals surface area contributed by atoms with Gasteiger partial charge in [0, 0.05) is 64.1 Å². The summed E-state index contributed by atoms with van der Waals surface area (Å²) >= 11 is 1.82. The molecule has 13 aromatic rings. The Balaban J connectivity index is 1.06. The van der Waals surface area contributed by atoms with Gasteiger partial charge in [0.1, 0.15) is 23.2 Å². The molecule has 0 saturated carbocycles. The summed E-state index contributed by atoms with van der Waals surface area (Å²) in [5.41, 5.74) is 8.98. The smallest absolute Gasteiger partial charge is 0.234 e. The molecule has 7 heteroatoms. The van der Waals surface area contributed by atoms with E-state index >= 15 is 0 Å². The highest BCUT2D eigenvalue weighted by molar-refractivity contribution is 7.25. The van der Waals surface area contributed by atoms with E-state index in [0.717, 1.165) is 77.4 Å². The van der Waals surface area contributed by atoms with Crippen molar-refractivity contribution in [1.82, 2.24) is 14.5 Å². The number of hydrogen-bond donors (Lipinski definition) is 1. The number of thiophene rings is 1. The maximum Gasteiger partial charge on any atom is 0.234 e. The van der Waals surface area contributed by atoms with Gasteiger partial charge in [0.2, 0.25) is 5.96 Å². The molecule has 9 aromatic carbocycles. The SMILES string of the molecule is c1ccc2cc3c(cc2c1)c1ccccc1n3-c1cc(C2=NC(n3c4ccccc4c4ccccc43)=NC(c3ccc4c(c3)sc3ccccc34)N2)c2c(c1)oc1ccccc12. The largest absolute Gasteiger partial charge is 0.456 e. The van der Waals surface area contributed by atoms with Crippen molar-refractivity contribution in [1.29, 1.82) is 0 Å². The van der Waals surface area contributed by atoms with Crippen LogP contribution in [-0.2, 0) is 0 Å². The highest BCUT2D eigenvalue weighted by Gasteiger charge is 2.28. The molecule has 4 aromatic heterocycles. The number of aliphatic imine (C=N–C) groups is 2. The third-order valence-corrected chi connectivity index (χ3v) is 13.9. The van der Waals surface area contributed by atoms with Gasteiger partial charge in [-0.1, -0.05) is 127 Å². The van der Waals surface area contributed by atoms with E-state index in [1.165, 1.54) is 41.7 Å². The minimum atomic E-state index is -0.441. The maximum atomic E-state index is 6.79. The molecule has 0 saturated heterocycles. The standard InChI is InChI=1S/C55H33N5OS/c1-2-14-33-28-47-42(27-32(33)13-1)38-17-5-8-20-44(38)59(47)35-30-43(52-41-19-6-11-23-48(41)61-49(52)31-35)54-56-53(34-25-26-40-39-18-7-12-24-50(39)62-51(40)29-34)57-55(58-54)60-45-21-9-3-15-36(45)37-16-4-10-22-46(37)60/h1-31,53H,(H,56,57,58). The predicted molar refractivity (Wildman–Crippen MR) is 260 cm³/mol. The molecule has 5 heterocycles. The molecule has 0 bridgehead atoms. The van der Waals surface area contributed by atoms with Gasteiger partial charge in [0.05, 0.1) is 27.8 Å². The molecule has 62 heavy (non-hydrogen) atoms. The summed E-state index contributed by atoms with van der Waals surface area (Å²) in [6.45, 7) is 0. The van der Waals surface area contributed by atoms with Crippen LogP contribution in [0, 0.1) is 0 Å². The summed E-state index contributed by atoms with van der Waals surface area (Å²) < 4.78 is 13.9. The molecule has 1 atom stereocenters. The number of para-hydroxylation sites is 4. The lowest BCUT2D eigenvalue weighted by atomic mass is 10.0. The van der Waals surface area contributed by atoms with Gasteiger partial charge >= 0.3 is 0 Å². The van der Waals surface area contributed by atoms with Crippen molar-refractivity contribution < 1.29 is 4.42 Å². The molecule has 1 aliphatic rings. The van der Waals surface area contributed by atoms with Gasteiger partial charge < -0.3 is 14.3 Å². The van der Waals surface area contributed by atoms with Crippen molar-refractivity contribution in [3.8, 4) is 5.69 Å². The van der Waals surface area contributed by atoms with Crippen molar-refractivity contribution in [3.63, 3.8) is 0 Å². The van der Waals surface area contributed by atoms with Gasteiger partial charge in [-0.25, -0.2) is 4.99 Å². The van der Waals surface area contributed by atoms with Crippen molar-refractivity contribution >= 4 is 120 Å². The first kappa shape index (κ1) is 33.8. The molecule has 1 unspecified atom stereocenters. The lowest BCUT2D eigenvalue weighted by Gasteiger charge is -2.25. The average molecular weight is 812 g/mol. The number of nitrogens with one attached hydrogen (secondary N) is 1. The van der Waals surface area contributed by atoms with E-state index in [2.05, 4.69) is 196 Å². The van der Waals surface area contributed by atoms with Gasteiger partial charge in [-0.3, -0.25) is 4.57 Å². The zero-order valence-electron chi connectivity index (χ0n) is 33.1. The van der Waals surface area contributed by atoms with Gasteiger partial charge in [0.25, 0.3) is 0 Å². The molecule has 0 amide bonds. The number of fused-ring (bicyclic) bond motifs is 13. The van der Waals surface area contributed by atoms with Crippen LogP contribution in [0.1, 0.15) is 17.3 Å². The quantitative estimate of drug-likeness (QED) is 0.193. The zero-order valence-corrected chi connectivity index (χ0v) is 33.9. The highest BCUT2D eigenvalue weighted by atomic mass is 32.1. The van der Waals surface area contributed by atoms with E-state index in [4.69, 9.17) is 14.4 Å². The van der Waals surface area contributed by atoms with Crippen LogP contribution in [0.2, 0.25) is 0 Å². The van der Waals surface area contributed by atoms with Crippen molar-refractivity contribution in [2.45, 2.75) is 6.17 Å². The predicted octanol–water partition coefficient (Wildman–Crippen LogP) is 14.3. The molecule has 0 radical (unpaired) electrons. The molecule has 1 aliphatic heterocycles. The number of aromatic nitrogens is 2. The molecule has 6 nitrogen and oxygen atoms in total. The molecule has 290 valence electrons. The monoisotopic (exact) mass is 811 g/mol. The fourth-order valence-electron chi connectivity index (χ4n) is 9.98. The normalized spacial score (nSPS) is 14.6. The Morgan fingerprint density at radius 3 is 1.85 bits per heavy atom. The number of hydrogen-bond acceptors (Lipinski definition) is 5. The second-order valence-corrected chi connectivity index (χ2v) is 17.3. The second kappa shape index (κ2) is 12.8. The van der Waals surface area contributed by atoms with Gasteiger partial charge in [-0.15, -0.1) is 11.3 Å². The van der Waals surface area contributed by atoms with Crippen LogP contribution in [0.3, 0.4) is 0 Å². The third-order valence-electron chi connectivity index (χ3n) is 12.7. The van der Waals surface area contributed by atoms with Crippen molar-refractivity contribution in [2.75, 3.05) is 0 Å². The Morgan fingerprint density at radius 1 is 0.468 bits per heavy atom. The first-order chi connectivity index (χ1) is 30.7. The molecule has 14 rings (SSSR count). The third kappa shape index (κ3) is 4.85. The topological polar surface area (TPSA) is 59.8 Å². The average Bonchev–Trinajstić information content (AvgIpc) is 4.07. The van der Waals surface area contributed by atoms with Crippen LogP contribution in [0.15, 0.2) is 202 Å². The van der Waals surface area contributed by atoms with Crippen LogP contribution in [0.25, 0.3) is 102 Å². The molecule has 0 fully saturated rings. The number of benzene rings is 9. The Morgan fingerprint density at radius 2 is 1.08 bits per heavy atom. The first-order valence-electron chi connectivity index (χ1n) is 20.9. The zero-order chi connectivity index (χ0) is 40.5. The Bertz CT molecular complexity index is 4050. The molecule has 0 spiro atoms. The van der Waals surface area contributed by atoms with E-state index < -0.39 is 6.17 Å². The minimum absolute atomic E-state index is 0.441. The lowest BCUT2D eigenvalue weighted by Crippen LogP contribution is -2.35. The number of amidine groups is 1. The van der Waals surface area contributed by atoms with E-state index in [1.807, 2.05) is 17.4 Å². The van der Waals surface area contributed by atoms with E-state index in [1.54, 1.807) is 0 Å². The fourth-order valence-corrected chi connectivity index (χ4v) is 11.1. The maximum absolute atomic E-state index is 6.79. The minimum Gasteiger partial charge on any atom is -0.456 e. The van der Waals surface area contributed by atoms with Crippen molar-refractivity contribution in [2.24, 2.45) is 9.98 Å². The Labute approximate surface area is 357 Å². The molecular formula is C55H33N5OS. The van der Waals surface area contributed by atoms with Crippen LogP contribution < -0.4 is 5.32 Å². The number of nitrogens with zero attached hydrogens (tertiary/aromatic N) is 4. The summed E-state index contributed by atoms with van der Waals surface area (Å²) in [5, 5.41) is 15.6. The summed E-state index contributed by atoms with van der Waals surface area (Å²) in [6.07, 6.45) is -0.441. The summed E-state index contributed by atoms with van der Waals surface area (Å²) in [6, 6.07) is 67.2. The summed E-state index contributed by atoms with van der Waals surface area (Å²) in [4.78, 5) is 11.1. The van der Waals surface area contributed by atoms with E-state index in [0.29, 0.717) is 5.96 Å². The Hall–Kier alpha value is -8.00. The number of furan rings is 1. The lowest BCUT2D eigenvalue weighted by molar-refractivity contribution is 0.666.